The number of fused-ring (bicyclic) bond motifs is 1. The van der Waals surface area contributed by atoms with Gasteiger partial charge in [-0.3, -0.25) is 10.1 Å². The Bertz CT molecular complexity index is 1020. The van der Waals surface area contributed by atoms with Crippen LogP contribution in [0.2, 0.25) is 0 Å². The molecule has 2 aromatic rings. The van der Waals surface area contributed by atoms with Crippen molar-refractivity contribution in [3.8, 4) is 23.0 Å². The number of hydrogen-bond acceptors (Lipinski definition) is 7. The molecule has 0 N–H and O–H groups in total. The summed E-state index contributed by atoms with van der Waals surface area (Å²) >= 11 is 0. The van der Waals surface area contributed by atoms with Gasteiger partial charge >= 0.3 is 5.69 Å². The molecule has 1 fully saturated rings. The van der Waals surface area contributed by atoms with Gasteiger partial charge in [-0.05, 0) is 37.1 Å². The average molecular weight is 406 g/mol. The number of hydrogen-bond donors (Lipinski definition) is 0. The van der Waals surface area contributed by atoms with Gasteiger partial charge in [0.05, 0.1) is 9.82 Å². The van der Waals surface area contributed by atoms with E-state index < -0.39 is 20.6 Å². The number of benzene rings is 2. The highest BCUT2D eigenvalue weighted by molar-refractivity contribution is 7.89. The molecule has 1 saturated heterocycles. The molecule has 28 heavy (non-hydrogen) atoms. The van der Waals surface area contributed by atoms with E-state index in [9.17, 15) is 18.5 Å². The summed E-state index contributed by atoms with van der Waals surface area (Å²) in [5.41, 5.74) is -0.421. The van der Waals surface area contributed by atoms with Crippen molar-refractivity contribution in [2.75, 3.05) is 19.9 Å². The molecule has 0 saturated carbocycles. The summed E-state index contributed by atoms with van der Waals surface area (Å²) < 4.78 is 43.1. The van der Waals surface area contributed by atoms with Crippen LogP contribution in [0, 0.1) is 10.1 Å². The number of ether oxygens (including phenoxy) is 3. The van der Waals surface area contributed by atoms with Crippen molar-refractivity contribution in [2.24, 2.45) is 0 Å². The minimum absolute atomic E-state index is 0.0542. The number of sulfonamides is 1. The predicted octanol–water partition coefficient (Wildman–Crippen LogP) is 3.29. The minimum atomic E-state index is -3.78. The van der Waals surface area contributed by atoms with Crippen molar-refractivity contribution in [3.63, 3.8) is 0 Å². The largest absolute Gasteiger partial charge is 0.454 e. The molecule has 9 nitrogen and oxygen atoms in total. The molecular formula is C18H18N2O7S. The van der Waals surface area contributed by atoms with Gasteiger partial charge in [-0.1, -0.05) is 6.42 Å². The van der Waals surface area contributed by atoms with Crippen LogP contribution in [0.25, 0.3) is 0 Å². The summed E-state index contributed by atoms with van der Waals surface area (Å²) in [6, 6.07) is 8.48. The van der Waals surface area contributed by atoms with Crippen LogP contribution in [0.5, 0.6) is 23.0 Å². The van der Waals surface area contributed by atoms with E-state index in [1.165, 1.54) is 16.4 Å². The molecular weight excluding hydrogens is 388 g/mol. The van der Waals surface area contributed by atoms with Crippen LogP contribution in [0.1, 0.15) is 19.3 Å². The molecule has 0 unspecified atom stereocenters. The maximum atomic E-state index is 12.8. The molecule has 4 rings (SSSR count). The van der Waals surface area contributed by atoms with Gasteiger partial charge in [0.1, 0.15) is 5.75 Å². The van der Waals surface area contributed by atoms with Crippen LogP contribution in [0.4, 0.5) is 5.69 Å². The Labute approximate surface area is 161 Å². The van der Waals surface area contributed by atoms with E-state index in [0.29, 0.717) is 30.3 Å². The highest BCUT2D eigenvalue weighted by Gasteiger charge is 2.29. The smallest absolute Gasteiger partial charge is 0.312 e. The molecule has 0 aromatic heterocycles. The van der Waals surface area contributed by atoms with Crippen LogP contribution in [0.3, 0.4) is 0 Å². The molecule has 2 aromatic carbocycles. The SMILES string of the molecule is O=[N+]([O-])c1cc(S(=O)(=O)N2CCCCC2)ccc1Oc1ccc2c(c1)OCO2. The molecule has 0 atom stereocenters. The van der Waals surface area contributed by atoms with Crippen LogP contribution in [-0.4, -0.2) is 37.5 Å². The zero-order valence-electron chi connectivity index (χ0n) is 14.9. The Hall–Kier alpha value is -2.85. The van der Waals surface area contributed by atoms with Crippen molar-refractivity contribution >= 4 is 15.7 Å². The lowest BCUT2D eigenvalue weighted by Crippen LogP contribution is -2.35. The molecule has 0 radical (unpaired) electrons. The summed E-state index contributed by atoms with van der Waals surface area (Å²) in [6.45, 7) is 0.944. The first-order valence-corrected chi connectivity index (χ1v) is 10.3. The molecule has 148 valence electrons. The Kier molecular flexibility index (Phi) is 4.82. The van der Waals surface area contributed by atoms with Gasteiger partial charge in [0.25, 0.3) is 0 Å². The van der Waals surface area contributed by atoms with Crippen LogP contribution in [-0.2, 0) is 10.0 Å². The predicted molar refractivity (Wildman–Crippen MR) is 98.3 cm³/mol. The fourth-order valence-electron chi connectivity index (χ4n) is 3.21. The first-order chi connectivity index (χ1) is 13.4. The first-order valence-electron chi connectivity index (χ1n) is 8.81. The van der Waals surface area contributed by atoms with E-state index in [1.54, 1.807) is 18.2 Å². The summed E-state index contributed by atoms with van der Waals surface area (Å²) in [4.78, 5) is 10.8. The zero-order valence-corrected chi connectivity index (χ0v) is 15.7. The number of nitro groups is 1. The number of nitrogens with zero attached hydrogens (tertiary/aromatic N) is 2. The van der Waals surface area contributed by atoms with Crippen molar-refractivity contribution < 1.29 is 27.6 Å². The fraction of sp³-hybridized carbons (Fsp3) is 0.333. The van der Waals surface area contributed by atoms with Gasteiger partial charge in [-0.25, -0.2) is 8.42 Å². The minimum Gasteiger partial charge on any atom is -0.454 e. The standard InChI is InChI=1S/C18H18N2O7S/c21-20(22)15-11-14(28(23,24)19-8-2-1-3-9-19)5-7-16(15)27-13-4-6-17-18(10-13)26-12-25-17/h4-7,10-11H,1-3,8-9,12H2. The second-order valence-electron chi connectivity index (χ2n) is 6.47. The van der Waals surface area contributed by atoms with E-state index in [4.69, 9.17) is 14.2 Å². The molecule has 0 spiro atoms. The van der Waals surface area contributed by atoms with E-state index in [2.05, 4.69) is 0 Å². The van der Waals surface area contributed by atoms with Gasteiger partial charge < -0.3 is 14.2 Å². The van der Waals surface area contributed by atoms with Gasteiger partial charge in [0, 0.05) is 25.2 Å². The summed E-state index contributed by atoms with van der Waals surface area (Å²) in [7, 11) is -3.78. The third-order valence-corrected chi connectivity index (χ3v) is 6.55. The van der Waals surface area contributed by atoms with Crippen LogP contribution >= 0.6 is 0 Å². The molecule has 0 aliphatic carbocycles. The van der Waals surface area contributed by atoms with Crippen LogP contribution in [0.15, 0.2) is 41.3 Å². The Morgan fingerprint density at radius 3 is 2.50 bits per heavy atom. The lowest BCUT2D eigenvalue weighted by molar-refractivity contribution is -0.385. The Morgan fingerprint density at radius 2 is 1.75 bits per heavy atom. The summed E-state index contributed by atoms with van der Waals surface area (Å²) in [6.07, 6.45) is 2.55. The van der Waals surface area contributed by atoms with E-state index >= 15 is 0 Å². The van der Waals surface area contributed by atoms with Crippen molar-refractivity contribution in [3.05, 3.63) is 46.5 Å². The summed E-state index contributed by atoms with van der Waals surface area (Å²) in [5.74, 6) is 1.30. The maximum absolute atomic E-state index is 12.8. The molecule has 2 aliphatic heterocycles. The fourth-order valence-corrected chi connectivity index (χ4v) is 4.75. The van der Waals surface area contributed by atoms with Crippen molar-refractivity contribution in [1.82, 2.24) is 4.31 Å². The highest BCUT2D eigenvalue weighted by Crippen LogP contribution is 2.39. The topological polar surface area (TPSA) is 108 Å². The Morgan fingerprint density at radius 1 is 1.00 bits per heavy atom. The van der Waals surface area contributed by atoms with Gasteiger partial charge in [-0.15, -0.1) is 0 Å². The molecule has 0 amide bonds. The molecule has 0 bridgehead atoms. The normalized spacial score (nSPS) is 16.7. The van der Waals surface area contributed by atoms with Crippen molar-refractivity contribution in [2.45, 2.75) is 24.2 Å². The molecule has 10 heteroatoms. The number of nitro benzene ring substituents is 1. The third kappa shape index (κ3) is 3.48. The second kappa shape index (κ2) is 7.28. The number of piperidine rings is 1. The van der Waals surface area contributed by atoms with Gasteiger partial charge in [0.2, 0.25) is 22.6 Å². The lowest BCUT2D eigenvalue weighted by atomic mass is 10.2. The number of rotatable bonds is 5. The highest BCUT2D eigenvalue weighted by atomic mass is 32.2. The summed E-state index contributed by atoms with van der Waals surface area (Å²) in [5, 5.41) is 11.5. The van der Waals surface area contributed by atoms with Crippen molar-refractivity contribution in [1.29, 1.82) is 0 Å². The first kappa shape index (κ1) is 18.5. The van der Waals surface area contributed by atoms with E-state index in [0.717, 1.165) is 25.3 Å². The average Bonchev–Trinajstić information content (AvgIpc) is 3.16. The second-order valence-corrected chi connectivity index (χ2v) is 8.41. The quantitative estimate of drug-likeness (QED) is 0.554. The monoisotopic (exact) mass is 406 g/mol. The molecule has 2 heterocycles. The zero-order chi connectivity index (χ0) is 19.7. The van der Waals surface area contributed by atoms with E-state index in [1.807, 2.05) is 0 Å². The molecule has 2 aliphatic rings. The lowest BCUT2D eigenvalue weighted by Gasteiger charge is -2.25. The van der Waals surface area contributed by atoms with Crippen LogP contribution < -0.4 is 14.2 Å². The van der Waals surface area contributed by atoms with Gasteiger partial charge in [0.15, 0.2) is 11.5 Å². The third-order valence-electron chi connectivity index (χ3n) is 4.65. The maximum Gasteiger partial charge on any atom is 0.312 e. The van der Waals surface area contributed by atoms with E-state index in [-0.39, 0.29) is 17.4 Å². The van der Waals surface area contributed by atoms with Gasteiger partial charge in [-0.2, -0.15) is 4.31 Å². The Balaban J connectivity index is 1.65.